The topological polar surface area (TPSA) is 34.1 Å². The van der Waals surface area contributed by atoms with Gasteiger partial charge >= 0.3 is 0 Å². The minimum atomic E-state index is 0.736. The molecule has 0 atom stereocenters. The molecule has 94 valence electrons. The number of methoxy groups -OCH3 is 1. The monoisotopic (exact) mass is 242 g/mol. The third kappa shape index (κ3) is 2.80. The molecule has 0 spiro atoms. The Bertz CT molecular complexity index is 538. The van der Waals surface area contributed by atoms with Gasteiger partial charge in [-0.1, -0.05) is 6.07 Å². The van der Waals surface area contributed by atoms with E-state index in [9.17, 15) is 0 Å². The molecule has 2 aromatic rings. The second-order valence-corrected chi connectivity index (χ2v) is 4.30. The van der Waals surface area contributed by atoms with Crippen molar-refractivity contribution in [1.29, 1.82) is 0 Å². The number of aromatic nitrogens is 1. The average molecular weight is 242 g/mol. The number of nitrogens with zero attached hydrogens (tertiary/aromatic N) is 1. The lowest BCUT2D eigenvalue weighted by Gasteiger charge is -2.11. The summed E-state index contributed by atoms with van der Waals surface area (Å²) < 4.78 is 5.19. The molecule has 0 aliphatic rings. The largest absolute Gasteiger partial charge is 0.497 e. The van der Waals surface area contributed by atoms with Crippen LogP contribution in [0.1, 0.15) is 16.8 Å². The van der Waals surface area contributed by atoms with Crippen molar-refractivity contribution in [3.8, 4) is 5.75 Å². The van der Waals surface area contributed by atoms with Crippen LogP contribution in [-0.4, -0.2) is 12.1 Å². The summed E-state index contributed by atoms with van der Waals surface area (Å²) in [7, 11) is 1.68. The zero-order chi connectivity index (χ0) is 13.0. The smallest absolute Gasteiger partial charge is 0.119 e. The number of ether oxygens (including phenoxy) is 1. The summed E-state index contributed by atoms with van der Waals surface area (Å²) in [6.45, 7) is 4.88. The van der Waals surface area contributed by atoms with Gasteiger partial charge in [-0.3, -0.25) is 4.98 Å². The van der Waals surface area contributed by atoms with Crippen molar-refractivity contribution in [1.82, 2.24) is 4.98 Å². The van der Waals surface area contributed by atoms with Crippen LogP contribution < -0.4 is 10.1 Å². The molecule has 0 aliphatic heterocycles. The maximum Gasteiger partial charge on any atom is 0.119 e. The Morgan fingerprint density at radius 2 is 2.00 bits per heavy atom. The summed E-state index contributed by atoms with van der Waals surface area (Å²) in [5, 5.41) is 3.40. The lowest BCUT2D eigenvalue weighted by molar-refractivity contribution is 0.414. The van der Waals surface area contributed by atoms with E-state index in [1.807, 2.05) is 30.5 Å². The molecular weight excluding hydrogens is 224 g/mol. The molecule has 0 fully saturated rings. The lowest BCUT2D eigenvalue weighted by Crippen LogP contribution is -2.04. The van der Waals surface area contributed by atoms with Crippen LogP contribution in [0.3, 0.4) is 0 Å². The van der Waals surface area contributed by atoms with Gasteiger partial charge in [0.25, 0.3) is 0 Å². The highest BCUT2D eigenvalue weighted by Crippen LogP contribution is 2.21. The van der Waals surface area contributed by atoms with Gasteiger partial charge in [0.15, 0.2) is 0 Å². The van der Waals surface area contributed by atoms with Crippen molar-refractivity contribution in [2.45, 2.75) is 20.4 Å². The molecule has 1 N–H and O–H groups in total. The van der Waals surface area contributed by atoms with E-state index < -0.39 is 0 Å². The minimum absolute atomic E-state index is 0.736. The Balaban J connectivity index is 2.09. The highest BCUT2D eigenvalue weighted by Gasteiger charge is 2.02. The number of benzene rings is 1. The van der Waals surface area contributed by atoms with Crippen LogP contribution in [0.15, 0.2) is 36.5 Å². The number of pyridine rings is 1. The van der Waals surface area contributed by atoms with E-state index >= 15 is 0 Å². The number of aryl methyl sites for hydroxylation is 2. The zero-order valence-electron chi connectivity index (χ0n) is 11.0. The van der Waals surface area contributed by atoms with E-state index in [2.05, 4.69) is 30.2 Å². The van der Waals surface area contributed by atoms with Gasteiger partial charge in [0.05, 0.1) is 19.3 Å². The van der Waals surface area contributed by atoms with Crippen LogP contribution >= 0.6 is 0 Å². The third-order valence-corrected chi connectivity index (χ3v) is 3.00. The predicted molar refractivity (Wildman–Crippen MR) is 74.0 cm³/mol. The van der Waals surface area contributed by atoms with Crippen molar-refractivity contribution in [2.75, 3.05) is 12.4 Å². The van der Waals surface area contributed by atoms with Crippen molar-refractivity contribution < 1.29 is 4.74 Å². The molecular formula is C15H18N2O. The first-order chi connectivity index (χ1) is 8.70. The van der Waals surface area contributed by atoms with Gasteiger partial charge in [-0.2, -0.15) is 0 Å². The highest BCUT2D eigenvalue weighted by molar-refractivity contribution is 5.53. The molecule has 0 aliphatic carbocycles. The first-order valence-corrected chi connectivity index (χ1v) is 5.99. The summed E-state index contributed by atoms with van der Waals surface area (Å²) in [5.41, 5.74) is 4.56. The van der Waals surface area contributed by atoms with E-state index in [4.69, 9.17) is 4.74 Å². The standard InChI is InChI=1S/C15H18N2O/c1-11-5-4-8-16-15(11)10-17-14-7-6-13(18-3)9-12(14)2/h4-9,17H,10H2,1-3H3. The molecule has 0 amide bonds. The average Bonchev–Trinajstić information content (AvgIpc) is 2.39. The Hall–Kier alpha value is -2.03. The van der Waals surface area contributed by atoms with E-state index in [1.54, 1.807) is 7.11 Å². The fourth-order valence-corrected chi connectivity index (χ4v) is 1.84. The Kier molecular flexibility index (Phi) is 3.82. The van der Waals surface area contributed by atoms with E-state index in [0.717, 1.165) is 23.7 Å². The summed E-state index contributed by atoms with van der Waals surface area (Å²) in [6.07, 6.45) is 1.82. The zero-order valence-corrected chi connectivity index (χ0v) is 11.0. The third-order valence-electron chi connectivity index (χ3n) is 3.00. The maximum atomic E-state index is 5.19. The number of anilines is 1. The van der Waals surface area contributed by atoms with Gasteiger partial charge < -0.3 is 10.1 Å². The molecule has 3 heteroatoms. The lowest BCUT2D eigenvalue weighted by atomic mass is 10.1. The van der Waals surface area contributed by atoms with Gasteiger partial charge in [0.2, 0.25) is 0 Å². The predicted octanol–water partition coefficient (Wildman–Crippen LogP) is 3.32. The normalized spacial score (nSPS) is 10.2. The molecule has 2 rings (SSSR count). The highest BCUT2D eigenvalue weighted by atomic mass is 16.5. The summed E-state index contributed by atoms with van der Waals surface area (Å²) >= 11 is 0. The fraction of sp³-hybridized carbons (Fsp3) is 0.267. The van der Waals surface area contributed by atoms with Crippen LogP contribution in [0, 0.1) is 13.8 Å². The van der Waals surface area contributed by atoms with Crippen LogP contribution in [0.4, 0.5) is 5.69 Å². The first kappa shape index (κ1) is 12.4. The van der Waals surface area contributed by atoms with Crippen LogP contribution in [0.5, 0.6) is 5.75 Å². The Labute approximate surface area is 108 Å². The summed E-state index contributed by atoms with van der Waals surface area (Å²) in [6, 6.07) is 10.0. The van der Waals surface area contributed by atoms with Crippen molar-refractivity contribution in [2.24, 2.45) is 0 Å². The minimum Gasteiger partial charge on any atom is -0.497 e. The van der Waals surface area contributed by atoms with Gasteiger partial charge in [-0.05, 0) is 49.2 Å². The van der Waals surface area contributed by atoms with E-state index in [-0.39, 0.29) is 0 Å². The van der Waals surface area contributed by atoms with Gasteiger partial charge in [0, 0.05) is 11.9 Å². The number of rotatable bonds is 4. The van der Waals surface area contributed by atoms with Gasteiger partial charge in [0.1, 0.15) is 5.75 Å². The molecule has 0 unspecified atom stereocenters. The number of nitrogens with one attached hydrogen (secondary N) is 1. The van der Waals surface area contributed by atoms with Gasteiger partial charge in [-0.25, -0.2) is 0 Å². The van der Waals surface area contributed by atoms with E-state index in [1.165, 1.54) is 11.1 Å². The summed E-state index contributed by atoms with van der Waals surface area (Å²) in [5.74, 6) is 0.882. The van der Waals surface area contributed by atoms with Crippen LogP contribution in [0.2, 0.25) is 0 Å². The quantitative estimate of drug-likeness (QED) is 0.893. The van der Waals surface area contributed by atoms with Crippen LogP contribution in [-0.2, 0) is 6.54 Å². The second kappa shape index (κ2) is 5.54. The van der Waals surface area contributed by atoms with Crippen LogP contribution in [0.25, 0.3) is 0 Å². The molecule has 0 bridgehead atoms. The maximum absolute atomic E-state index is 5.19. The molecule has 0 radical (unpaired) electrons. The van der Waals surface area contributed by atoms with Gasteiger partial charge in [-0.15, -0.1) is 0 Å². The molecule has 18 heavy (non-hydrogen) atoms. The van der Waals surface area contributed by atoms with Crippen molar-refractivity contribution in [3.05, 3.63) is 53.3 Å². The molecule has 1 aromatic carbocycles. The van der Waals surface area contributed by atoms with Crippen molar-refractivity contribution in [3.63, 3.8) is 0 Å². The molecule has 0 saturated carbocycles. The van der Waals surface area contributed by atoms with Crippen molar-refractivity contribution >= 4 is 5.69 Å². The Morgan fingerprint density at radius 1 is 1.17 bits per heavy atom. The molecule has 1 heterocycles. The second-order valence-electron chi connectivity index (χ2n) is 4.30. The van der Waals surface area contributed by atoms with E-state index in [0.29, 0.717) is 0 Å². The molecule has 0 saturated heterocycles. The fourth-order valence-electron chi connectivity index (χ4n) is 1.84. The first-order valence-electron chi connectivity index (χ1n) is 5.99. The molecule has 3 nitrogen and oxygen atoms in total. The number of hydrogen-bond acceptors (Lipinski definition) is 3. The Morgan fingerprint density at radius 3 is 2.67 bits per heavy atom. The molecule has 1 aromatic heterocycles. The number of hydrogen-bond donors (Lipinski definition) is 1. The SMILES string of the molecule is COc1ccc(NCc2ncccc2C)c(C)c1. The summed E-state index contributed by atoms with van der Waals surface area (Å²) in [4.78, 5) is 4.37.